The van der Waals surface area contributed by atoms with Gasteiger partial charge in [0, 0.05) is 18.4 Å². The average Bonchev–Trinajstić information content (AvgIpc) is 2.85. The van der Waals surface area contributed by atoms with Gasteiger partial charge >= 0.3 is 0 Å². The zero-order valence-electron chi connectivity index (χ0n) is 11.8. The minimum Gasteiger partial charge on any atom is -0.347 e. The molecule has 0 aliphatic heterocycles. The largest absolute Gasteiger partial charge is 0.347 e. The number of nitrogens with zero attached hydrogens (tertiary/aromatic N) is 1. The van der Waals surface area contributed by atoms with E-state index in [4.69, 9.17) is 0 Å². The van der Waals surface area contributed by atoms with E-state index in [1.807, 2.05) is 20.8 Å². The molecular weight excluding hydrogens is 264 g/mol. The fourth-order valence-corrected chi connectivity index (χ4v) is 3.08. The van der Waals surface area contributed by atoms with Gasteiger partial charge in [-0.2, -0.15) is 0 Å². The van der Waals surface area contributed by atoms with Crippen molar-refractivity contribution in [3.63, 3.8) is 0 Å². The highest BCUT2D eigenvalue weighted by Crippen LogP contribution is 2.12. The highest BCUT2D eigenvalue weighted by Gasteiger charge is 2.19. The molecule has 6 nitrogen and oxygen atoms in total. The van der Waals surface area contributed by atoms with Gasteiger partial charge in [-0.05, 0) is 19.4 Å². The average molecular weight is 288 g/mol. The van der Waals surface area contributed by atoms with Gasteiger partial charge in [0.15, 0.2) is 0 Å². The van der Waals surface area contributed by atoms with Gasteiger partial charge in [-0.1, -0.05) is 20.8 Å². The van der Waals surface area contributed by atoms with Crippen LogP contribution in [0.5, 0.6) is 0 Å². The van der Waals surface area contributed by atoms with Crippen LogP contribution in [0.2, 0.25) is 0 Å². The summed E-state index contributed by atoms with van der Waals surface area (Å²) in [7, 11) is -3.27. The van der Waals surface area contributed by atoms with Crippen molar-refractivity contribution in [2.45, 2.75) is 45.7 Å². The van der Waals surface area contributed by atoms with E-state index in [1.54, 1.807) is 12.4 Å². The molecule has 0 aromatic carbocycles. The molecule has 0 saturated carbocycles. The lowest BCUT2D eigenvalue weighted by Gasteiger charge is -2.15. The molecule has 0 saturated heterocycles. The van der Waals surface area contributed by atoms with Gasteiger partial charge in [-0.15, -0.1) is 0 Å². The van der Waals surface area contributed by atoms with E-state index in [0.29, 0.717) is 31.3 Å². The first kappa shape index (κ1) is 16.1. The summed E-state index contributed by atoms with van der Waals surface area (Å²) in [6, 6.07) is 0.0974. The SMILES string of the molecule is CCC(NS(=O)(=O)CCCNC(C)C)c1ncc[nH]1. The van der Waals surface area contributed by atoms with E-state index in [0.717, 1.165) is 0 Å². The van der Waals surface area contributed by atoms with E-state index in [1.165, 1.54) is 0 Å². The number of imidazole rings is 1. The highest BCUT2D eigenvalue weighted by molar-refractivity contribution is 7.89. The predicted octanol–water partition coefficient (Wildman–Crippen LogP) is 1.17. The first-order valence-electron chi connectivity index (χ1n) is 6.67. The van der Waals surface area contributed by atoms with Crippen LogP contribution in [0.25, 0.3) is 0 Å². The Morgan fingerprint density at radius 1 is 1.42 bits per heavy atom. The quantitative estimate of drug-likeness (QED) is 0.595. The highest BCUT2D eigenvalue weighted by atomic mass is 32.2. The monoisotopic (exact) mass is 288 g/mol. The van der Waals surface area contributed by atoms with Gasteiger partial charge < -0.3 is 10.3 Å². The zero-order valence-corrected chi connectivity index (χ0v) is 12.6. The Hall–Kier alpha value is -0.920. The van der Waals surface area contributed by atoms with Crippen LogP contribution < -0.4 is 10.0 Å². The van der Waals surface area contributed by atoms with Gasteiger partial charge in [0.05, 0.1) is 11.8 Å². The van der Waals surface area contributed by atoms with Crippen LogP contribution in [-0.4, -0.2) is 36.7 Å². The lowest BCUT2D eigenvalue weighted by atomic mass is 10.2. The normalized spacial score (nSPS) is 13.9. The molecule has 110 valence electrons. The molecule has 0 aliphatic rings. The number of hydrogen-bond acceptors (Lipinski definition) is 4. The van der Waals surface area contributed by atoms with Crippen LogP contribution in [0.1, 0.15) is 45.5 Å². The van der Waals surface area contributed by atoms with Crippen molar-refractivity contribution in [2.24, 2.45) is 0 Å². The first-order chi connectivity index (χ1) is 8.94. The number of nitrogens with one attached hydrogen (secondary N) is 3. The van der Waals surface area contributed by atoms with Crippen molar-refractivity contribution in [3.05, 3.63) is 18.2 Å². The van der Waals surface area contributed by atoms with E-state index in [-0.39, 0.29) is 11.8 Å². The maximum Gasteiger partial charge on any atom is 0.212 e. The number of sulfonamides is 1. The molecule has 1 atom stereocenters. The Labute approximate surface area is 115 Å². The minimum atomic E-state index is -3.27. The number of hydrogen-bond donors (Lipinski definition) is 3. The van der Waals surface area contributed by atoms with Gasteiger partial charge in [0.2, 0.25) is 10.0 Å². The molecule has 0 amide bonds. The molecule has 3 N–H and O–H groups in total. The Balaban J connectivity index is 2.44. The predicted molar refractivity (Wildman–Crippen MR) is 76.3 cm³/mol. The van der Waals surface area contributed by atoms with E-state index < -0.39 is 10.0 Å². The van der Waals surface area contributed by atoms with Crippen molar-refractivity contribution in [3.8, 4) is 0 Å². The van der Waals surface area contributed by atoms with Crippen molar-refractivity contribution < 1.29 is 8.42 Å². The van der Waals surface area contributed by atoms with Crippen molar-refractivity contribution in [1.29, 1.82) is 0 Å². The topological polar surface area (TPSA) is 86.9 Å². The van der Waals surface area contributed by atoms with Crippen LogP contribution in [0.3, 0.4) is 0 Å². The van der Waals surface area contributed by atoms with Crippen LogP contribution in [0, 0.1) is 0 Å². The van der Waals surface area contributed by atoms with Crippen molar-refractivity contribution >= 4 is 10.0 Å². The van der Waals surface area contributed by atoms with Gasteiger partial charge in [0.25, 0.3) is 0 Å². The number of aromatic amines is 1. The maximum atomic E-state index is 12.0. The van der Waals surface area contributed by atoms with Crippen LogP contribution >= 0.6 is 0 Å². The van der Waals surface area contributed by atoms with Gasteiger partial charge in [0.1, 0.15) is 5.82 Å². The second-order valence-electron chi connectivity index (χ2n) is 4.83. The number of rotatable bonds is 9. The second kappa shape index (κ2) is 7.62. The molecule has 1 unspecified atom stereocenters. The molecule has 7 heteroatoms. The third-order valence-corrected chi connectivity index (χ3v) is 4.19. The summed E-state index contributed by atoms with van der Waals surface area (Å²) >= 11 is 0. The molecule has 0 bridgehead atoms. The van der Waals surface area contributed by atoms with Crippen LogP contribution in [0.15, 0.2) is 12.4 Å². The molecule has 0 fully saturated rings. The van der Waals surface area contributed by atoms with Crippen LogP contribution in [0.4, 0.5) is 0 Å². The lowest BCUT2D eigenvalue weighted by molar-refractivity contribution is 0.531. The van der Waals surface area contributed by atoms with Crippen molar-refractivity contribution in [1.82, 2.24) is 20.0 Å². The first-order valence-corrected chi connectivity index (χ1v) is 8.32. The summed E-state index contributed by atoms with van der Waals surface area (Å²) in [5.41, 5.74) is 0. The molecule has 0 spiro atoms. The second-order valence-corrected chi connectivity index (χ2v) is 6.71. The summed E-state index contributed by atoms with van der Waals surface area (Å²) in [6.45, 7) is 6.71. The van der Waals surface area contributed by atoms with E-state index >= 15 is 0 Å². The molecule has 1 aromatic rings. The molecule has 1 rings (SSSR count). The smallest absolute Gasteiger partial charge is 0.212 e. The summed E-state index contributed by atoms with van der Waals surface area (Å²) in [5, 5.41) is 3.20. The third kappa shape index (κ3) is 6.17. The number of aromatic nitrogens is 2. The van der Waals surface area contributed by atoms with Gasteiger partial charge in [-0.3, -0.25) is 0 Å². The molecule has 0 radical (unpaired) electrons. The fourth-order valence-electron chi connectivity index (χ4n) is 1.73. The maximum absolute atomic E-state index is 12.0. The number of H-pyrrole nitrogens is 1. The van der Waals surface area contributed by atoms with Crippen LogP contribution in [-0.2, 0) is 10.0 Å². The molecule has 1 aromatic heterocycles. The van der Waals surface area contributed by atoms with Crippen molar-refractivity contribution in [2.75, 3.05) is 12.3 Å². The summed E-state index contributed by atoms with van der Waals surface area (Å²) in [5.74, 6) is 0.788. The fraction of sp³-hybridized carbons (Fsp3) is 0.750. The van der Waals surface area contributed by atoms with Gasteiger partial charge in [-0.25, -0.2) is 18.1 Å². The Kier molecular flexibility index (Phi) is 6.47. The minimum absolute atomic E-state index is 0.129. The molecule has 0 aliphatic carbocycles. The summed E-state index contributed by atoms with van der Waals surface area (Å²) < 4.78 is 26.6. The zero-order chi connectivity index (χ0) is 14.3. The summed E-state index contributed by atoms with van der Waals surface area (Å²) in [4.78, 5) is 7.04. The summed E-state index contributed by atoms with van der Waals surface area (Å²) in [6.07, 6.45) is 4.58. The Morgan fingerprint density at radius 3 is 2.68 bits per heavy atom. The molecular formula is C12H24N4O2S. The molecule has 1 heterocycles. The Bertz CT molecular complexity index is 442. The van der Waals surface area contributed by atoms with E-state index in [9.17, 15) is 8.42 Å². The molecule has 19 heavy (non-hydrogen) atoms. The Morgan fingerprint density at radius 2 is 2.16 bits per heavy atom. The standard InChI is InChI=1S/C12H24N4O2S/c1-4-11(12-14-7-8-15-12)16-19(17,18)9-5-6-13-10(2)3/h7-8,10-11,13,16H,4-6,9H2,1-3H3,(H,14,15). The van der Waals surface area contributed by atoms with E-state index in [2.05, 4.69) is 20.0 Å². The third-order valence-electron chi connectivity index (χ3n) is 2.72. The lowest BCUT2D eigenvalue weighted by Crippen LogP contribution is -2.33.